The number of nitrogens with two attached hydrogens (primary N) is 1. The number of carbonyl (C=O) groups is 1. The lowest BCUT2D eigenvalue weighted by Gasteiger charge is -2.20. The van der Waals surface area contributed by atoms with Gasteiger partial charge in [0.05, 0.1) is 6.10 Å². The third kappa shape index (κ3) is 5.77. The molecule has 2 rings (SSSR count). The summed E-state index contributed by atoms with van der Waals surface area (Å²) in [5, 5.41) is 22.8. The number of nitrogen functional groups attached to an aromatic ring is 1. The molecule has 2 aromatic carbocycles. The van der Waals surface area contributed by atoms with Gasteiger partial charge in [-0.05, 0) is 30.5 Å². The Balaban J connectivity index is 1.74. The first-order valence-electron chi connectivity index (χ1n) is 8.14. The molecule has 0 bridgehead atoms. The third-order valence-corrected chi connectivity index (χ3v) is 3.85. The maximum absolute atomic E-state index is 11.6. The minimum atomic E-state index is -1.11. The number of ether oxygens (including phenoxy) is 1. The zero-order valence-electron chi connectivity index (χ0n) is 14.2. The van der Waals surface area contributed by atoms with Crippen LogP contribution in [0.3, 0.4) is 0 Å². The number of amides is 1. The first-order valence-corrected chi connectivity index (χ1v) is 8.14. The average Bonchev–Trinajstić information content (AvgIpc) is 2.60. The van der Waals surface area contributed by atoms with E-state index in [0.29, 0.717) is 11.3 Å². The Morgan fingerprint density at radius 1 is 1.20 bits per heavy atom. The molecule has 2 aromatic rings. The zero-order chi connectivity index (χ0) is 18.2. The van der Waals surface area contributed by atoms with Crippen LogP contribution in [-0.2, 0) is 11.3 Å². The van der Waals surface area contributed by atoms with Crippen molar-refractivity contribution in [3.05, 3.63) is 65.2 Å². The van der Waals surface area contributed by atoms with Crippen LogP contribution in [0.2, 0.25) is 0 Å². The van der Waals surface area contributed by atoms with Crippen molar-refractivity contribution in [1.29, 1.82) is 0 Å². The Morgan fingerprint density at radius 2 is 1.92 bits per heavy atom. The molecule has 0 aliphatic rings. The van der Waals surface area contributed by atoms with Crippen LogP contribution in [0, 0.1) is 6.92 Å². The molecule has 0 radical (unpaired) electrons. The summed E-state index contributed by atoms with van der Waals surface area (Å²) >= 11 is 0. The maximum Gasteiger partial charge on any atom is 0.407 e. The number of aliphatic hydroxyl groups is 2. The van der Waals surface area contributed by atoms with Crippen molar-refractivity contribution in [2.45, 2.75) is 32.2 Å². The van der Waals surface area contributed by atoms with Crippen molar-refractivity contribution >= 4 is 11.8 Å². The highest BCUT2D eigenvalue weighted by atomic mass is 16.5. The summed E-state index contributed by atoms with van der Waals surface area (Å²) in [6, 6.07) is 14.6. The molecule has 6 heteroatoms. The van der Waals surface area contributed by atoms with Crippen LogP contribution in [0.4, 0.5) is 10.5 Å². The lowest BCUT2D eigenvalue weighted by Crippen LogP contribution is -2.30. The summed E-state index contributed by atoms with van der Waals surface area (Å²) < 4.78 is 5.07. The molecule has 0 fully saturated rings. The van der Waals surface area contributed by atoms with E-state index in [1.54, 1.807) is 12.1 Å². The molecule has 0 saturated carbocycles. The minimum Gasteiger partial charge on any atom is -0.445 e. The van der Waals surface area contributed by atoms with Crippen molar-refractivity contribution in [3.63, 3.8) is 0 Å². The molecule has 0 aliphatic heterocycles. The second-order valence-electron chi connectivity index (χ2n) is 5.92. The number of aliphatic hydroxyl groups excluding tert-OH is 2. The van der Waals surface area contributed by atoms with E-state index in [1.165, 1.54) is 0 Å². The van der Waals surface area contributed by atoms with Gasteiger partial charge in [0.1, 0.15) is 12.7 Å². The molecule has 2 atom stereocenters. The highest BCUT2D eigenvalue weighted by Crippen LogP contribution is 2.25. The number of aryl methyl sites for hydroxylation is 1. The van der Waals surface area contributed by atoms with E-state index in [2.05, 4.69) is 5.32 Å². The number of benzene rings is 2. The van der Waals surface area contributed by atoms with Crippen molar-refractivity contribution in [1.82, 2.24) is 5.32 Å². The Kier molecular flexibility index (Phi) is 6.80. The number of alkyl carbamates (subject to hydrolysis) is 1. The van der Waals surface area contributed by atoms with Crippen molar-refractivity contribution in [2.24, 2.45) is 0 Å². The van der Waals surface area contributed by atoms with Crippen LogP contribution < -0.4 is 11.1 Å². The molecular weight excluding hydrogens is 320 g/mol. The molecule has 0 spiro atoms. The first-order chi connectivity index (χ1) is 12.0. The predicted molar refractivity (Wildman–Crippen MR) is 95.8 cm³/mol. The van der Waals surface area contributed by atoms with Crippen molar-refractivity contribution in [2.75, 3.05) is 12.3 Å². The fourth-order valence-corrected chi connectivity index (χ4v) is 2.42. The Morgan fingerprint density at radius 3 is 2.60 bits per heavy atom. The van der Waals surface area contributed by atoms with Gasteiger partial charge in [-0.3, -0.25) is 0 Å². The normalized spacial score (nSPS) is 13.1. The summed E-state index contributed by atoms with van der Waals surface area (Å²) in [6.45, 7) is 2.25. The van der Waals surface area contributed by atoms with Crippen LogP contribution in [0.1, 0.15) is 29.2 Å². The molecule has 6 nitrogen and oxygen atoms in total. The van der Waals surface area contributed by atoms with Crippen molar-refractivity contribution in [3.8, 4) is 0 Å². The number of carbonyl (C=O) groups excluding carboxylic acids is 1. The van der Waals surface area contributed by atoms with E-state index in [-0.39, 0.29) is 19.6 Å². The zero-order valence-corrected chi connectivity index (χ0v) is 14.2. The Bertz CT molecular complexity index is 691. The third-order valence-electron chi connectivity index (χ3n) is 3.85. The van der Waals surface area contributed by atoms with Gasteiger partial charge in [-0.1, -0.05) is 42.5 Å². The minimum absolute atomic E-state index is 0.176. The molecule has 25 heavy (non-hydrogen) atoms. The maximum atomic E-state index is 11.6. The van der Waals surface area contributed by atoms with Crippen LogP contribution in [0.5, 0.6) is 0 Å². The Labute approximate surface area is 147 Å². The van der Waals surface area contributed by atoms with Gasteiger partial charge in [0.25, 0.3) is 0 Å². The van der Waals surface area contributed by atoms with Crippen LogP contribution in [0.25, 0.3) is 0 Å². The number of hydrogen-bond donors (Lipinski definition) is 4. The second kappa shape index (κ2) is 9.05. The number of nitrogens with one attached hydrogen (secondary N) is 1. The van der Waals surface area contributed by atoms with Gasteiger partial charge in [0.2, 0.25) is 0 Å². The van der Waals surface area contributed by atoms with Gasteiger partial charge < -0.3 is 26.0 Å². The van der Waals surface area contributed by atoms with Gasteiger partial charge in [-0.2, -0.15) is 0 Å². The summed E-state index contributed by atoms with van der Waals surface area (Å²) in [6.07, 6.45) is -2.54. The highest BCUT2D eigenvalue weighted by molar-refractivity contribution is 5.67. The molecule has 0 aliphatic carbocycles. The van der Waals surface area contributed by atoms with Crippen LogP contribution in [-0.4, -0.2) is 29.0 Å². The van der Waals surface area contributed by atoms with Gasteiger partial charge in [-0.15, -0.1) is 0 Å². The standard InChI is InChI=1S/C19H24N2O4/c1-13-7-8-15(16(20)11-13)18(23)17(22)9-10-21-19(24)25-12-14-5-3-2-4-6-14/h2-8,11,17-18,22-23H,9-10,12,20H2,1H3,(H,21,24). The summed E-state index contributed by atoms with van der Waals surface area (Å²) in [7, 11) is 0. The smallest absolute Gasteiger partial charge is 0.407 e. The van der Waals surface area contributed by atoms with E-state index in [9.17, 15) is 15.0 Å². The molecule has 5 N–H and O–H groups in total. The summed E-state index contributed by atoms with van der Waals surface area (Å²) in [5.41, 5.74) is 8.65. The lowest BCUT2D eigenvalue weighted by molar-refractivity contribution is 0.0140. The SMILES string of the molecule is Cc1ccc(C(O)C(O)CCNC(=O)OCc2ccccc2)c(N)c1. The predicted octanol–water partition coefficient (Wildman–Crippen LogP) is 2.29. The molecule has 134 valence electrons. The quantitative estimate of drug-likeness (QED) is 0.577. The Hall–Kier alpha value is -2.57. The van der Waals surface area contributed by atoms with E-state index in [4.69, 9.17) is 10.5 Å². The largest absolute Gasteiger partial charge is 0.445 e. The van der Waals surface area contributed by atoms with Crippen LogP contribution >= 0.6 is 0 Å². The molecule has 1 amide bonds. The van der Waals surface area contributed by atoms with E-state index in [0.717, 1.165) is 11.1 Å². The summed E-state index contributed by atoms with van der Waals surface area (Å²) in [4.78, 5) is 11.6. The highest BCUT2D eigenvalue weighted by Gasteiger charge is 2.20. The molecule has 2 unspecified atom stereocenters. The van der Waals surface area contributed by atoms with Gasteiger partial charge in [-0.25, -0.2) is 4.79 Å². The van der Waals surface area contributed by atoms with Gasteiger partial charge in [0.15, 0.2) is 0 Å². The van der Waals surface area contributed by atoms with E-state index in [1.807, 2.05) is 43.3 Å². The first kappa shape index (κ1) is 18.8. The molecule has 0 saturated heterocycles. The topological polar surface area (TPSA) is 105 Å². The fourth-order valence-electron chi connectivity index (χ4n) is 2.42. The van der Waals surface area contributed by atoms with Crippen LogP contribution in [0.15, 0.2) is 48.5 Å². The molecule has 0 heterocycles. The molecule has 0 aromatic heterocycles. The van der Waals surface area contributed by atoms with Crippen molar-refractivity contribution < 1.29 is 19.7 Å². The fraction of sp³-hybridized carbons (Fsp3) is 0.316. The van der Waals surface area contributed by atoms with E-state index < -0.39 is 18.3 Å². The number of anilines is 1. The average molecular weight is 344 g/mol. The summed E-state index contributed by atoms with van der Waals surface area (Å²) in [5.74, 6) is 0. The number of rotatable bonds is 7. The van der Waals surface area contributed by atoms with E-state index >= 15 is 0 Å². The number of hydrogen-bond acceptors (Lipinski definition) is 5. The monoisotopic (exact) mass is 344 g/mol. The van der Waals surface area contributed by atoms with Gasteiger partial charge in [0, 0.05) is 17.8 Å². The lowest BCUT2D eigenvalue weighted by atomic mass is 9.99. The second-order valence-corrected chi connectivity index (χ2v) is 5.92. The van der Waals surface area contributed by atoms with Gasteiger partial charge >= 0.3 is 6.09 Å². The molecular formula is C19H24N2O4.